The van der Waals surface area contributed by atoms with E-state index in [0.29, 0.717) is 31.0 Å². The Balaban J connectivity index is 1.97. The summed E-state index contributed by atoms with van der Waals surface area (Å²) in [4.78, 5) is 15.5. The van der Waals surface area contributed by atoms with Crippen LogP contribution in [0.15, 0.2) is 21.7 Å². The van der Waals surface area contributed by atoms with Crippen molar-refractivity contribution in [1.82, 2.24) is 14.8 Å². The second-order valence-corrected chi connectivity index (χ2v) is 8.05. The molecule has 0 radical (unpaired) electrons. The Morgan fingerprint density at radius 3 is 2.66 bits per heavy atom. The van der Waals surface area contributed by atoms with E-state index in [-0.39, 0.29) is 21.6 Å². The van der Waals surface area contributed by atoms with Crippen molar-refractivity contribution in [1.29, 1.82) is 0 Å². The fraction of sp³-hybridized carbons (Fsp3) is 0.400. The molecule has 1 atom stereocenters. The second kappa shape index (κ2) is 7.33. The molecule has 0 spiro atoms. The lowest BCUT2D eigenvalue weighted by Crippen LogP contribution is -2.20. The Morgan fingerprint density at radius 2 is 2.07 bits per heavy atom. The minimum Gasteiger partial charge on any atom is -0.305 e. The molecule has 3 N–H and O–H groups in total. The van der Waals surface area contributed by atoms with Crippen LogP contribution in [-0.4, -0.2) is 25.0 Å². The molecule has 0 saturated carbocycles. The first-order chi connectivity index (χ1) is 13.4. The molecule has 3 rings (SSSR count). The van der Waals surface area contributed by atoms with Gasteiger partial charge in [-0.2, -0.15) is 27.1 Å². The van der Waals surface area contributed by atoms with Gasteiger partial charge in [0.1, 0.15) is 20.5 Å². The number of pyridine rings is 1. The van der Waals surface area contributed by atoms with E-state index in [2.05, 4.69) is 19.8 Å². The first-order valence-corrected chi connectivity index (χ1v) is 9.75. The van der Waals surface area contributed by atoms with Gasteiger partial charge in [0.25, 0.3) is 0 Å². The van der Waals surface area contributed by atoms with Gasteiger partial charge in [0, 0.05) is 17.5 Å². The average Bonchev–Trinajstić information content (AvgIpc) is 3.24. The molecular weight excluding hydrogens is 423 g/mol. The van der Waals surface area contributed by atoms with Crippen molar-refractivity contribution in [3.8, 4) is 0 Å². The molecule has 29 heavy (non-hydrogen) atoms. The van der Waals surface area contributed by atoms with Gasteiger partial charge < -0.3 is 5.32 Å². The van der Waals surface area contributed by atoms with E-state index < -0.39 is 39.3 Å². The molecule has 1 aliphatic carbocycles. The van der Waals surface area contributed by atoms with Crippen LogP contribution in [0.4, 0.5) is 32.4 Å². The van der Waals surface area contributed by atoms with E-state index in [1.807, 2.05) is 0 Å². The maximum atomic E-state index is 13.3. The van der Waals surface area contributed by atoms with Crippen LogP contribution in [0, 0.1) is 6.92 Å². The monoisotopic (exact) mass is 438 g/mol. The van der Waals surface area contributed by atoms with Crippen LogP contribution in [0.25, 0.3) is 0 Å². The number of nitrogens with zero attached hydrogens (tertiary/aromatic N) is 4. The lowest BCUT2D eigenvalue weighted by Gasteiger charge is -2.17. The van der Waals surface area contributed by atoms with Crippen molar-refractivity contribution >= 4 is 21.6 Å². The molecule has 8 nitrogen and oxygen atoms in total. The van der Waals surface area contributed by atoms with E-state index in [1.54, 1.807) is 0 Å². The van der Waals surface area contributed by atoms with Gasteiger partial charge in [-0.1, -0.05) is 0 Å². The number of fused-ring (bicyclic) bond motifs is 1. The second-order valence-electron chi connectivity index (χ2n) is 6.26. The molecule has 0 bridgehead atoms. The molecule has 0 unspecified atom stereocenters. The van der Waals surface area contributed by atoms with Crippen LogP contribution in [0.5, 0.6) is 0 Å². The zero-order valence-corrected chi connectivity index (χ0v) is 15.7. The molecule has 0 saturated heterocycles. The summed E-state index contributed by atoms with van der Waals surface area (Å²) in [6.45, 7) is -1.87. The number of aromatic nitrogens is 3. The number of aryl methyl sites for hydroxylation is 1. The molecule has 1 aliphatic rings. The quantitative estimate of drug-likeness (QED) is 0.715. The Kier molecular flexibility index (Phi) is 5.34. The Labute approximate surface area is 161 Å². The number of hydrogen-bond donors (Lipinski definition) is 2. The maximum absolute atomic E-state index is 13.3. The smallest absolute Gasteiger partial charge is 0.305 e. The van der Waals surface area contributed by atoms with E-state index in [4.69, 9.17) is 5.14 Å². The zero-order valence-electron chi connectivity index (χ0n) is 14.8. The molecule has 2 amide bonds. The summed E-state index contributed by atoms with van der Waals surface area (Å²) in [5.74, 6) is 0. The van der Waals surface area contributed by atoms with E-state index in [1.165, 1.54) is 0 Å². The minimum absolute atomic E-state index is 0.118. The summed E-state index contributed by atoms with van der Waals surface area (Å²) < 4.78 is 80.8. The third kappa shape index (κ3) is 4.22. The summed E-state index contributed by atoms with van der Waals surface area (Å²) in [6, 6.07) is -1.28. The number of alkyl halides is 5. The number of rotatable bonds is 3. The maximum Gasteiger partial charge on any atom is 0.433 e. The molecule has 2 heterocycles. The van der Waals surface area contributed by atoms with Gasteiger partial charge in [0.15, 0.2) is 0 Å². The van der Waals surface area contributed by atoms with E-state index >= 15 is 0 Å². The van der Waals surface area contributed by atoms with Crippen molar-refractivity contribution in [3.63, 3.8) is 0 Å². The van der Waals surface area contributed by atoms with Crippen LogP contribution >= 0.6 is 0 Å². The summed E-state index contributed by atoms with van der Waals surface area (Å²) in [6.07, 6.45) is -2.02. The molecule has 14 heteroatoms. The van der Waals surface area contributed by atoms with Crippen LogP contribution in [0.2, 0.25) is 0 Å². The normalized spacial score (nSPS) is 15.9. The van der Waals surface area contributed by atoms with Crippen LogP contribution in [0.1, 0.15) is 35.5 Å². The van der Waals surface area contributed by atoms with Crippen LogP contribution in [0.3, 0.4) is 0 Å². The van der Waals surface area contributed by atoms with Crippen molar-refractivity contribution < 1.29 is 31.0 Å². The fourth-order valence-corrected chi connectivity index (χ4v) is 3.87. The Hall–Kier alpha value is -2.61. The molecule has 2 aromatic rings. The number of urea groups is 1. The van der Waals surface area contributed by atoms with Gasteiger partial charge in [0.05, 0.1) is 11.9 Å². The first-order valence-electron chi connectivity index (χ1n) is 8.18. The number of carbonyl (C=O) groups excluding carboxylic acids is 1. The SMILES string of the molecule is Cc1c(C(F)(F)F)nc2c(c1NC(=O)N=[S@](N)(=O)c1cnn(C(F)F)c1)CCC2. The fourth-order valence-electron chi connectivity index (χ4n) is 3.01. The summed E-state index contributed by atoms with van der Waals surface area (Å²) in [7, 11) is -3.95. The van der Waals surface area contributed by atoms with Gasteiger partial charge in [-0.25, -0.2) is 23.8 Å². The minimum atomic E-state index is -4.73. The number of nitrogens with two attached hydrogens (primary N) is 1. The van der Waals surface area contributed by atoms with Gasteiger partial charge in [0.2, 0.25) is 0 Å². The lowest BCUT2D eigenvalue weighted by atomic mass is 10.1. The van der Waals surface area contributed by atoms with Gasteiger partial charge in [-0.3, -0.25) is 0 Å². The third-order valence-electron chi connectivity index (χ3n) is 4.30. The highest BCUT2D eigenvalue weighted by Gasteiger charge is 2.37. The number of anilines is 1. The summed E-state index contributed by atoms with van der Waals surface area (Å²) in [5.41, 5.74) is -0.916. The highest BCUT2D eigenvalue weighted by Crippen LogP contribution is 2.38. The molecule has 0 fully saturated rings. The molecule has 2 aromatic heterocycles. The summed E-state index contributed by atoms with van der Waals surface area (Å²) >= 11 is 0. The first kappa shape index (κ1) is 21.1. The number of nitrogens with one attached hydrogen (secondary N) is 1. The van der Waals surface area contributed by atoms with Crippen LogP contribution < -0.4 is 10.5 Å². The molecule has 0 aliphatic heterocycles. The van der Waals surface area contributed by atoms with E-state index in [9.17, 15) is 31.0 Å². The Morgan fingerprint density at radius 1 is 1.38 bits per heavy atom. The van der Waals surface area contributed by atoms with Crippen molar-refractivity contribution in [3.05, 3.63) is 34.9 Å². The van der Waals surface area contributed by atoms with Crippen LogP contribution in [-0.2, 0) is 28.9 Å². The average molecular weight is 438 g/mol. The van der Waals surface area contributed by atoms with Crippen molar-refractivity contribution in [2.45, 2.75) is 43.8 Å². The van der Waals surface area contributed by atoms with E-state index in [0.717, 1.165) is 13.1 Å². The number of amides is 2. The molecular formula is C15H15F5N6O2S. The Bertz CT molecular complexity index is 1090. The third-order valence-corrected chi connectivity index (χ3v) is 5.63. The van der Waals surface area contributed by atoms with Crippen molar-refractivity contribution in [2.75, 3.05) is 5.32 Å². The highest BCUT2D eigenvalue weighted by atomic mass is 32.2. The number of halogens is 5. The standard InChI is InChI=1S/C15H15F5N6O2S/c1-7-11(9-3-2-4-10(9)23-12(7)15(18,19)20)24-14(27)25-29(21,28)8-5-22-26(6-8)13(16)17/h5-6,13H,2-4H2,1H3,(H3,21,23,24,25,27,28)/t29-/m0/s1. The van der Waals surface area contributed by atoms with Crippen molar-refractivity contribution in [2.24, 2.45) is 9.50 Å². The van der Waals surface area contributed by atoms with Gasteiger partial charge in [-0.05, 0) is 31.7 Å². The largest absolute Gasteiger partial charge is 0.433 e. The number of hydrogen-bond acceptors (Lipinski definition) is 4. The van der Waals surface area contributed by atoms with Gasteiger partial charge >= 0.3 is 18.8 Å². The molecule has 0 aromatic carbocycles. The lowest BCUT2D eigenvalue weighted by molar-refractivity contribution is -0.141. The highest BCUT2D eigenvalue weighted by molar-refractivity contribution is 7.91. The zero-order chi connectivity index (χ0) is 21.6. The predicted molar refractivity (Wildman–Crippen MR) is 91.5 cm³/mol. The predicted octanol–water partition coefficient (Wildman–Crippen LogP) is 3.42. The molecule has 158 valence electrons. The van der Waals surface area contributed by atoms with Gasteiger partial charge in [-0.15, -0.1) is 4.36 Å². The summed E-state index contributed by atoms with van der Waals surface area (Å²) in [5, 5.41) is 10.9. The topological polar surface area (TPSA) is 115 Å². The number of carbonyl (C=O) groups is 1.